The van der Waals surface area contributed by atoms with Crippen molar-refractivity contribution in [2.75, 3.05) is 11.9 Å². The molecule has 0 radical (unpaired) electrons. The molecule has 0 saturated carbocycles. The molecular formula is C14H17ClN4S. The maximum atomic E-state index is 5.85. The van der Waals surface area contributed by atoms with E-state index in [1.807, 2.05) is 19.1 Å². The first-order valence-electron chi connectivity index (χ1n) is 6.54. The monoisotopic (exact) mass is 308 g/mol. The third kappa shape index (κ3) is 3.61. The number of halogens is 1. The van der Waals surface area contributed by atoms with Gasteiger partial charge in [-0.3, -0.25) is 0 Å². The third-order valence-electron chi connectivity index (χ3n) is 2.71. The number of rotatable bonds is 5. The second-order valence-corrected chi connectivity index (χ2v) is 5.66. The summed E-state index contributed by atoms with van der Waals surface area (Å²) in [6, 6.07) is 3.73. The van der Waals surface area contributed by atoms with Gasteiger partial charge in [-0.1, -0.05) is 18.5 Å². The zero-order valence-electron chi connectivity index (χ0n) is 11.8. The molecule has 0 bridgehead atoms. The predicted octanol–water partition coefficient (Wildman–Crippen LogP) is 3.98. The standard InChI is InChI=1S/C14H17ClN4S/c1-4-11-18-13(16-5-2)9(3)14(19-11)20-12-7-6-10(15)8-17-12/h6-8H,4-5H2,1-3H3,(H,16,18,19). The van der Waals surface area contributed by atoms with Gasteiger partial charge in [0.15, 0.2) is 0 Å². The summed E-state index contributed by atoms with van der Waals surface area (Å²) >= 11 is 7.38. The normalized spacial score (nSPS) is 10.6. The van der Waals surface area contributed by atoms with Gasteiger partial charge < -0.3 is 5.32 Å². The molecule has 106 valence electrons. The summed E-state index contributed by atoms with van der Waals surface area (Å²) in [5.74, 6) is 1.74. The van der Waals surface area contributed by atoms with Crippen LogP contribution in [0.5, 0.6) is 0 Å². The molecule has 2 heterocycles. The first-order valence-corrected chi connectivity index (χ1v) is 7.74. The Morgan fingerprint density at radius 3 is 2.65 bits per heavy atom. The zero-order chi connectivity index (χ0) is 14.5. The molecular weight excluding hydrogens is 292 g/mol. The fourth-order valence-electron chi connectivity index (χ4n) is 1.66. The molecule has 1 N–H and O–H groups in total. The van der Waals surface area contributed by atoms with E-state index in [-0.39, 0.29) is 0 Å². The number of aromatic nitrogens is 3. The quantitative estimate of drug-likeness (QED) is 0.847. The Morgan fingerprint density at radius 2 is 2.05 bits per heavy atom. The summed E-state index contributed by atoms with van der Waals surface area (Å²) in [6.45, 7) is 6.97. The van der Waals surface area contributed by atoms with Crippen molar-refractivity contribution in [3.8, 4) is 0 Å². The van der Waals surface area contributed by atoms with E-state index in [9.17, 15) is 0 Å². The van der Waals surface area contributed by atoms with Gasteiger partial charge in [-0.15, -0.1) is 0 Å². The number of anilines is 1. The molecule has 2 aromatic heterocycles. The predicted molar refractivity (Wildman–Crippen MR) is 83.7 cm³/mol. The van der Waals surface area contributed by atoms with Crippen LogP contribution in [0.25, 0.3) is 0 Å². The Kier molecular flexibility index (Phi) is 5.20. The Labute approximate surface area is 128 Å². The van der Waals surface area contributed by atoms with Crippen LogP contribution in [0.3, 0.4) is 0 Å². The lowest BCUT2D eigenvalue weighted by Gasteiger charge is -2.12. The fourth-order valence-corrected chi connectivity index (χ4v) is 2.61. The molecule has 2 rings (SSSR count). The lowest BCUT2D eigenvalue weighted by molar-refractivity contribution is 0.869. The van der Waals surface area contributed by atoms with Gasteiger partial charge in [-0.05, 0) is 37.7 Å². The minimum atomic E-state index is 0.636. The molecule has 6 heteroatoms. The van der Waals surface area contributed by atoms with Crippen molar-refractivity contribution in [1.29, 1.82) is 0 Å². The number of hydrogen-bond donors (Lipinski definition) is 1. The Bertz CT molecular complexity index is 586. The first kappa shape index (κ1) is 15.1. The van der Waals surface area contributed by atoms with Crippen molar-refractivity contribution in [3.05, 3.63) is 34.7 Å². The van der Waals surface area contributed by atoms with Crippen molar-refractivity contribution >= 4 is 29.2 Å². The van der Waals surface area contributed by atoms with Crippen molar-refractivity contribution in [2.24, 2.45) is 0 Å². The van der Waals surface area contributed by atoms with E-state index in [1.54, 1.807) is 6.20 Å². The summed E-state index contributed by atoms with van der Waals surface area (Å²) < 4.78 is 0. The van der Waals surface area contributed by atoms with Crippen LogP contribution in [-0.2, 0) is 6.42 Å². The van der Waals surface area contributed by atoms with Gasteiger partial charge in [-0.25, -0.2) is 15.0 Å². The van der Waals surface area contributed by atoms with Crippen molar-refractivity contribution in [1.82, 2.24) is 15.0 Å². The fraction of sp³-hybridized carbons (Fsp3) is 0.357. The Hall–Kier alpha value is -1.33. The van der Waals surface area contributed by atoms with Crippen LogP contribution in [0.15, 0.2) is 28.4 Å². The van der Waals surface area contributed by atoms with Crippen LogP contribution >= 0.6 is 23.4 Å². The molecule has 0 aliphatic carbocycles. The van der Waals surface area contributed by atoms with E-state index >= 15 is 0 Å². The molecule has 2 aromatic rings. The van der Waals surface area contributed by atoms with E-state index in [1.165, 1.54) is 11.8 Å². The number of aryl methyl sites for hydroxylation is 1. The van der Waals surface area contributed by atoms with Gasteiger partial charge in [0.2, 0.25) is 0 Å². The maximum absolute atomic E-state index is 5.85. The third-order valence-corrected chi connectivity index (χ3v) is 3.97. The van der Waals surface area contributed by atoms with Crippen molar-refractivity contribution in [2.45, 2.75) is 37.2 Å². The van der Waals surface area contributed by atoms with E-state index < -0.39 is 0 Å². The van der Waals surface area contributed by atoms with Gasteiger partial charge >= 0.3 is 0 Å². The largest absolute Gasteiger partial charge is 0.370 e. The molecule has 0 aromatic carbocycles. The van der Waals surface area contributed by atoms with Crippen molar-refractivity contribution < 1.29 is 0 Å². The summed E-state index contributed by atoms with van der Waals surface area (Å²) in [5, 5.41) is 5.72. The van der Waals surface area contributed by atoms with E-state index in [0.717, 1.165) is 40.2 Å². The highest BCUT2D eigenvalue weighted by Crippen LogP contribution is 2.30. The Morgan fingerprint density at radius 1 is 1.25 bits per heavy atom. The van der Waals surface area contributed by atoms with Crippen LogP contribution in [0, 0.1) is 6.92 Å². The molecule has 0 amide bonds. The summed E-state index contributed by atoms with van der Waals surface area (Å²) in [6.07, 6.45) is 2.45. The number of nitrogens with zero attached hydrogens (tertiary/aromatic N) is 3. The summed E-state index contributed by atoms with van der Waals surface area (Å²) in [5.41, 5.74) is 1.05. The molecule has 0 fully saturated rings. The number of hydrogen-bond acceptors (Lipinski definition) is 5. The molecule has 0 aliphatic rings. The summed E-state index contributed by atoms with van der Waals surface area (Å²) in [4.78, 5) is 13.4. The van der Waals surface area contributed by atoms with E-state index in [2.05, 4.69) is 34.1 Å². The molecule has 0 spiro atoms. The number of nitrogens with one attached hydrogen (secondary N) is 1. The van der Waals surface area contributed by atoms with Gasteiger partial charge in [-0.2, -0.15) is 0 Å². The SMILES string of the molecule is CCNc1nc(CC)nc(Sc2ccc(Cl)cn2)c1C. The van der Waals surface area contributed by atoms with Crippen LogP contribution in [-0.4, -0.2) is 21.5 Å². The smallest absolute Gasteiger partial charge is 0.133 e. The topological polar surface area (TPSA) is 50.7 Å². The van der Waals surface area contributed by atoms with Crippen molar-refractivity contribution in [3.63, 3.8) is 0 Å². The highest BCUT2D eigenvalue weighted by atomic mass is 35.5. The van der Waals surface area contributed by atoms with Gasteiger partial charge in [0, 0.05) is 24.7 Å². The number of pyridine rings is 1. The van der Waals surface area contributed by atoms with Crippen LogP contribution in [0.2, 0.25) is 5.02 Å². The van der Waals surface area contributed by atoms with Gasteiger partial charge in [0.1, 0.15) is 21.7 Å². The lowest BCUT2D eigenvalue weighted by Crippen LogP contribution is -2.07. The van der Waals surface area contributed by atoms with Gasteiger partial charge in [0.05, 0.1) is 5.02 Å². The summed E-state index contributed by atoms with van der Waals surface area (Å²) in [7, 11) is 0. The van der Waals surface area contributed by atoms with Crippen LogP contribution in [0.4, 0.5) is 5.82 Å². The first-order chi connectivity index (χ1) is 9.63. The van der Waals surface area contributed by atoms with Crippen LogP contribution < -0.4 is 5.32 Å². The lowest BCUT2D eigenvalue weighted by atomic mass is 10.3. The Balaban J connectivity index is 2.34. The highest BCUT2D eigenvalue weighted by Gasteiger charge is 2.11. The minimum absolute atomic E-state index is 0.636. The second kappa shape index (κ2) is 6.90. The molecule has 4 nitrogen and oxygen atoms in total. The molecule has 0 unspecified atom stereocenters. The average Bonchev–Trinajstić information content (AvgIpc) is 2.45. The zero-order valence-corrected chi connectivity index (χ0v) is 13.3. The minimum Gasteiger partial charge on any atom is -0.370 e. The van der Waals surface area contributed by atoms with Crippen LogP contribution in [0.1, 0.15) is 25.2 Å². The molecule has 0 saturated heterocycles. The van der Waals surface area contributed by atoms with E-state index in [4.69, 9.17) is 11.6 Å². The molecule has 20 heavy (non-hydrogen) atoms. The average molecular weight is 309 g/mol. The van der Waals surface area contributed by atoms with Gasteiger partial charge in [0.25, 0.3) is 0 Å². The van der Waals surface area contributed by atoms with E-state index in [0.29, 0.717) is 5.02 Å². The maximum Gasteiger partial charge on any atom is 0.133 e. The highest BCUT2D eigenvalue weighted by molar-refractivity contribution is 7.99. The molecule has 0 aliphatic heterocycles. The second-order valence-electron chi connectivity index (χ2n) is 4.22. The molecule has 0 atom stereocenters.